The molecule has 0 saturated carbocycles. The van der Waals surface area contributed by atoms with Gasteiger partial charge in [-0.1, -0.05) is 82.7 Å². The summed E-state index contributed by atoms with van der Waals surface area (Å²) in [6, 6.07) is 31.1. The zero-order valence-electron chi connectivity index (χ0n) is 18.1. The third-order valence-electron chi connectivity index (χ3n) is 5.40. The van der Waals surface area contributed by atoms with Gasteiger partial charge in [0.05, 0.1) is 11.7 Å². The highest BCUT2D eigenvalue weighted by Crippen LogP contribution is 2.27. The Morgan fingerprint density at radius 3 is 2.59 bits per heavy atom. The van der Waals surface area contributed by atoms with Gasteiger partial charge in [0, 0.05) is 15.4 Å². The third kappa shape index (κ3) is 4.82. The molecule has 5 rings (SSSR count). The van der Waals surface area contributed by atoms with E-state index in [0.717, 1.165) is 37.3 Å². The molecule has 0 aliphatic carbocycles. The fraction of sp³-hybridized carbons (Fsp3) is 0.0357. The summed E-state index contributed by atoms with van der Waals surface area (Å²) >= 11 is 3.49. The lowest BCUT2D eigenvalue weighted by Gasteiger charge is -2.12. The van der Waals surface area contributed by atoms with Crippen LogP contribution in [0.4, 0.5) is 0 Å². The van der Waals surface area contributed by atoms with E-state index in [1.165, 1.54) is 0 Å². The molecule has 6 heteroatoms. The van der Waals surface area contributed by atoms with Crippen molar-refractivity contribution in [3.05, 3.63) is 118 Å². The number of fused-ring (bicyclic) bond motifs is 2. The number of amides is 1. The van der Waals surface area contributed by atoms with Crippen LogP contribution in [0.15, 0.2) is 107 Å². The van der Waals surface area contributed by atoms with Crippen molar-refractivity contribution >= 4 is 49.7 Å². The van der Waals surface area contributed by atoms with E-state index in [4.69, 9.17) is 4.74 Å². The van der Waals surface area contributed by atoms with Crippen LogP contribution in [-0.2, 0) is 6.61 Å². The quantitative estimate of drug-likeness (QED) is 0.210. The molecule has 1 N–H and O–H groups in total. The van der Waals surface area contributed by atoms with Crippen LogP contribution < -0.4 is 10.2 Å². The van der Waals surface area contributed by atoms with E-state index < -0.39 is 0 Å². The van der Waals surface area contributed by atoms with Crippen LogP contribution in [0.5, 0.6) is 5.75 Å². The summed E-state index contributed by atoms with van der Waals surface area (Å²) in [6.07, 6.45) is 1.62. The number of aromatic nitrogens is 1. The van der Waals surface area contributed by atoms with Crippen LogP contribution in [0.3, 0.4) is 0 Å². The molecule has 5 aromatic rings. The van der Waals surface area contributed by atoms with Crippen molar-refractivity contribution in [1.29, 1.82) is 0 Å². The molecule has 166 valence electrons. The fourth-order valence-electron chi connectivity index (χ4n) is 3.73. The number of rotatable bonds is 6. The number of pyridine rings is 1. The number of ether oxygens (including phenoxy) is 1. The molecule has 4 aromatic carbocycles. The summed E-state index contributed by atoms with van der Waals surface area (Å²) in [5, 5.41) is 7.24. The van der Waals surface area contributed by atoms with Gasteiger partial charge in [-0.2, -0.15) is 5.10 Å². The maximum atomic E-state index is 12.6. The van der Waals surface area contributed by atoms with Gasteiger partial charge in [-0.05, 0) is 46.7 Å². The predicted octanol–water partition coefficient (Wildman–Crippen LogP) is 6.49. The summed E-state index contributed by atoms with van der Waals surface area (Å²) in [5.41, 5.74) is 5.49. The van der Waals surface area contributed by atoms with Gasteiger partial charge in [0.2, 0.25) is 0 Å². The Kier molecular flexibility index (Phi) is 6.31. The van der Waals surface area contributed by atoms with Crippen LogP contribution in [0, 0.1) is 0 Å². The Balaban J connectivity index is 1.39. The molecule has 0 unspecified atom stereocenters. The van der Waals surface area contributed by atoms with Gasteiger partial charge >= 0.3 is 0 Å². The maximum Gasteiger partial charge on any atom is 0.289 e. The van der Waals surface area contributed by atoms with Gasteiger partial charge < -0.3 is 4.74 Å². The molecule has 1 amide bonds. The standard InChI is InChI=1S/C28H20BrN3O2/c29-22-9-5-6-19(16-22)18-34-27-15-13-20-7-1-3-10-23(20)24(27)17-30-32-28(33)26-14-12-21-8-2-4-11-25(21)31-26/h1-17H,18H2,(H,32,33). The molecule has 0 saturated heterocycles. The molecule has 1 heterocycles. The molecular weight excluding hydrogens is 490 g/mol. The first-order valence-corrected chi connectivity index (χ1v) is 11.5. The van der Waals surface area contributed by atoms with Crippen molar-refractivity contribution in [2.75, 3.05) is 0 Å². The molecule has 0 atom stereocenters. The first kappa shape index (κ1) is 21.8. The van der Waals surface area contributed by atoms with Gasteiger partial charge in [-0.3, -0.25) is 4.79 Å². The monoisotopic (exact) mass is 509 g/mol. The average molecular weight is 510 g/mol. The lowest BCUT2D eigenvalue weighted by Crippen LogP contribution is -2.19. The molecule has 34 heavy (non-hydrogen) atoms. The van der Waals surface area contributed by atoms with Crippen molar-refractivity contribution in [2.24, 2.45) is 5.10 Å². The lowest BCUT2D eigenvalue weighted by molar-refractivity contribution is 0.0950. The molecule has 0 aliphatic heterocycles. The molecule has 1 aromatic heterocycles. The van der Waals surface area contributed by atoms with E-state index in [1.807, 2.05) is 91.0 Å². The first-order chi connectivity index (χ1) is 16.7. The third-order valence-corrected chi connectivity index (χ3v) is 5.90. The van der Waals surface area contributed by atoms with Gasteiger partial charge in [-0.15, -0.1) is 0 Å². The number of nitrogens with zero attached hydrogens (tertiary/aromatic N) is 2. The molecule has 0 bridgehead atoms. The second-order valence-corrected chi connectivity index (χ2v) is 8.62. The molecule has 0 radical (unpaired) electrons. The minimum Gasteiger partial charge on any atom is -0.488 e. The van der Waals surface area contributed by atoms with Crippen molar-refractivity contribution in [3.8, 4) is 5.75 Å². The Labute approximate surface area is 205 Å². The first-order valence-electron chi connectivity index (χ1n) is 10.8. The molecule has 0 aliphatic rings. The number of para-hydroxylation sites is 1. The van der Waals surface area contributed by atoms with Gasteiger partial charge in [0.25, 0.3) is 5.91 Å². The summed E-state index contributed by atoms with van der Waals surface area (Å²) in [7, 11) is 0. The van der Waals surface area contributed by atoms with Crippen LogP contribution in [0.1, 0.15) is 21.6 Å². The van der Waals surface area contributed by atoms with E-state index in [2.05, 4.69) is 31.4 Å². The number of hydrogen-bond acceptors (Lipinski definition) is 4. The van der Waals surface area contributed by atoms with Crippen molar-refractivity contribution < 1.29 is 9.53 Å². The largest absolute Gasteiger partial charge is 0.488 e. The van der Waals surface area contributed by atoms with Crippen molar-refractivity contribution in [3.63, 3.8) is 0 Å². The Hall–Kier alpha value is -4.03. The maximum absolute atomic E-state index is 12.6. The Morgan fingerprint density at radius 2 is 1.71 bits per heavy atom. The summed E-state index contributed by atoms with van der Waals surface area (Å²) in [5.74, 6) is 0.305. The lowest BCUT2D eigenvalue weighted by atomic mass is 10.0. The fourth-order valence-corrected chi connectivity index (χ4v) is 4.17. The summed E-state index contributed by atoms with van der Waals surface area (Å²) in [6.45, 7) is 0.409. The highest BCUT2D eigenvalue weighted by Gasteiger charge is 2.10. The van der Waals surface area contributed by atoms with E-state index in [-0.39, 0.29) is 5.91 Å². The molecule has 0 fully saturated rings. The van der Waals surface area contributed by atoms with E-state index in [1.54, 1.807) is 12.3 Å². The van der Waals surface area contributed by atoms with E-state index >= 15 is 0 Å². The highest BCUT2D eigenvalue weighted by molar-refractivity contribution is 9.10. The minimum atomic E-state index is -0.376. The number of halogens is 1. The van der Waals surface area contributed by atoms with E-state index in [0.29, 0.717) is 18.1 Å². The predicted molar refractivity (Wildman–Crippen MR) is 139 cm³/mol. The number of nitrogens with one attached hydrogen (secondary N) is 1. The normalized spacial score (nSPS) is 11.2. The summed E-state index contributed by atoms with van der Waals surface area (Å²) < 4.78 is 7.14. The molecule has 0 spiro atoms. The zero-order chi connectivity index (χ0) is 23.3. The SMILES string of the molecule is O=C(NN=Cc1c(OCc2cccc(Br)c2)ccc2ccccc12)c1ccc2ccccc2n1. The number of carbonyl (C=O) groups excluding carboxylic acids is 1. The van der Waals surface area contributed by atoms with Crippen LogP contribution in [0.2, 0.25) is 0 Å². The van der Waals surface area contributed by atoms with Gasteiger partial charge in [-0.25, -0.2) is 10.4 Å². The van der Waals surface area contributed by atoms with Crippen molar-refractivity contribution in [2.45, 2.75) is 6.61 Å². The van der Waals surface area contributed by atoms with Gasteiger partial charge in [0.15, 0.2) is 0 Å². The Bertz CT molecular complexity index is 1530. The smallest absolute Gasteiger partial charge is 0.289 e. The zero-order valence-corrected chi connectivity index (χ0v) is 19.7. The second kappa shape index (κ2) is 9.85. The average Bonchev–Trinajstić information content (AvgIpc) is 2.87. The molecule has 5 nitrogen and oxygen atoms in total. The Morgan fingerprint density at radius 1 is 0.912 bits per heavy atom. The topological polar surface area (TPSA) is 63.6 Å². The number of hydrazone groups is 1. The van der Waals surface area contributed by atoms with E-state index in [9.17, 15) is 4.79 Å². The summed E-state index contributed by atoms with van der Waals surface area (Å²) in [4.78, 5) is 17.1. The highest BCUT2D eigenvalue weighted by atomic mass is 79.9. The van der Waals surface area contributed by atoms with Crippen molar-refractivity contribution in [1.82, 2.24) is 10.4 Å². The number of benzene rings is 4. The van der Waals surface area contributed by atoms with Crippen LogP contribution in [0.25, 0.3) is 21.7 Å². The number of hydrogen-bond donors (Lipinski definition) is 1. The number of carbonyl (C=O) groups is 1. The van der Waals surface area contributed by atoms with Gasteiger partial charge in [0.1, 0.15) is 18.1 Å². The second-order valence-electron chi connectivity index (χ2n) is 7.71. The van der Waals surface area contributed by atoms with Crippen LogP contribution >= 0.6 is 15.9 Å². The van der Waals surface area contributed by atoms with Crippen LogP contribution in [-0.4, -0.2) is 17.1 Å². The minimum absolute atomic E-state index is 0.305. The molecular formula is C28H20BrN3O2.